The normalized spacial score (nSPS) is 15.1. The van der Waals surface area contributed by atoms with Crippen molar-refractivity contribution in [3.63, 3.8) is 0 Å². The summed E-state index contributed by atoms with van der Waals surface area (Å²) >= 11 is 1.51. The van der Waals surface area contributed by atoms with Crippen molar-refractivity contribution in [3.8, 4) is 0 Å². The van der Waals surface area contributed by atoms with E-state index in [1.54, 1.807) is 0 Å². The summed E-state index contributed by atoms with van der Waals surface area (Å²) in [4.78, 5) is 26.5. The zero-order valence-electron chi connectivity index (χ0n) is 17.9. The van der Waals surface area contributed by atoms with Crippen molar-refractivity contribution in [1.82, 2.24) is 15.5 Å². The Morgan fingerprint density at radius 2 is 1.90 bits per heavy atom. The zero-order valence-corrected chi connectivity index (χ0v) is 18.8. The lowest BCUT2D eigenvalue weighted by Gasteiger charge is -2.32. The second kappa shape index (κ2) is 10.1. The fourth-order valence-electron chi connectivity index (χ4n) is 3.31. The summed E-state index contributed by atoms with van der Waals surface area (Å²) in [6.45, 7) is 8.42. The summed E-state index contributed by atoms with van der Waals surface area (Å²) in [5, 5.41) is 9.82. The quantitative estimate of drug-likeness (QED) is 0.724. The number of rotatable bonds is 6. The first-order chi connectivity index (χ1) is 14.3. The SMILES string of the molecule is CC(C)(C)OCc1cccc(CNC(=O)N2CCC(NC(=O)c3ccsc3)CC2)c1. The fourth-order valence-corrected chi connectivity index (χ4v) is 3.94. The molecule has 3 rings (SSSR count). The maximum atomic E-state index is 12.5. The van der Waals surface area contributed by atoms with E-state index in [2.05, 4.69) is 16.7 Å². The minimum Gasteiger partial charge on any atom is -0.371 e. The highest BCUT2D eigenvalue weighted by molar-refractivity contribution is 7.08. The Hall–Kier alpha value is -2.38. The Morgan fingerprint density at radius 1 is 1.17 bits per heavy atom. The third kappa shape index (κ3) is 6.85. The Labute approximate surface area is 182 Å². The second-order valence-corrected chi connectivity index (χ2v) is 9.41. The molecule has 1 saturated heterocycles. The van der Waals surface area contributed by atoms with Gasteiger partial charge in [0, 0.05) is 36.6 Å². The average molecular weight is 430 g/mol. The minimum absolute atomic E-state index is 0.0329. The van der Waals surface area contributed by atoms with E-state index in [9.17, 15) is 9.59 Å². The van der Waals surface area contributed by atoms with Gasteiger partial charge in [-0.2, -0.15) is 11.3 Å². The van der Waals surface area contributed by atoms with Crippen LogP contribution < -0.4 is 10.6 Å². The molecule has 1 fully saturated rings. The van der Waals surface area contributed by atoms with E-state index in [1.165, 1.54) is 11.3 Å². The molecule has 7 heteroatoms. The molecule has 30 heavy (non-hydrogen) atoms. The van der Waals surface area contributed by atoms with Crippen LogP contribution in [0.15, 0.2) is 41.1 Å². The Morgan fingerprint density at radius 3 is 2.57 bits per heavy atom. The summed E-state index contributed by atoms with van der Waals surface area (Å²) in [7, 11) is 0. The predicted octanol–water partition coefficient (Wildman–Crippen LogP) is 4.17. The number of piperidine rings is 1. The number of ether oxygens (including phenoxy) is 1. The van der Waals surface area contributed by atoms with Crippen LogP contribution in [0.1, 0.15) is 55.1 Å². The van der Waals surface area contributed by atoms with Crippen LogP contribution in [0.5, 0.6) is 0 Å². The van der Waals surface area contributed by atoms with Gasteiger partial charge >= 0.3 is 6.03 Å². The Kier molecular flexibility index (Phi) is 7.50. The lowest BCUT2D eigenvalue weighted by Crippen LogP contribution is -2.49. The molecule has 1 aromatic carbocycles. The maximum Gasteiger partial charge on any atom is 0.317 e. The molecule has 3 amide bonds. The first kappa shape index (κ1) is 22.3. The summed E-state index contributed by atoms with van der Waals surface area (Å²) in [5.41, 5.74) is 2.67. The number of amides is 3. The molecule has 0 atom stereocenters. The predicted molar refractivity (Wildman–Crippen MR) is 120 cm³/mol. The number of nitrogens with zero attached hydrogens (tertiary/aromatic N) is 1. The van der Waals surface area contributed by atoms with Crippen molar-refractivity contribution >= 4 is 23.3 Å². The van der Waals surface area contributed by atoms with Gasteiger partial charge in [-0.3, -0.25) is 4.79 Å². The Balaban J connectivity index is 1.41. The van der Waals surface area contributed by atoms with Crippen LogP contribution in [0.25, 0.3) is 0 Å². The number of hydrogen-bond donors (Lipinski definition) is 2. The van der Waals surface area contributed by atoms with Gasteiger partial charge in [0.05, 0.1) is 12.2 Å². The monoisotopic (exact) mass is 429 g/mol. The third-order valence-corrected chi connectivity index (χ3v) is 5.69. The topological polar surface area (TPSA) is 70.7 Å². The van der Waals surface area contributed by atoms with Gasteiger partial charge in [0.25, 0.3) is 5.91 Å². The number of urea groups is 1. The van der Waals surface area contributed by atoms with Crippen LogP contribution in [0.2, 0.25) is 0 Å². The maximum absolute atomic E-state index is 12.5. The van der Waals surface area contributed by atoms with Gasteiger partial charge in [0.15, 0.2) is 0 Å². The van der Waals surface area contributed by atoms with E-state index in [0.717, 1.165) is 24.0 Å². The van der Waals surface area contributed by atoms with Crippen molar-refractivity contribution < 1.29 is 14.3 Å². The zero-order chi connectivity index (χ0) is 21.6. The largest absolute Gasteiger partial charge is 0.371 e. The Bertz CT molecular complexity index is 838. The van der Waals surface area contributed by atoms with Crippen LogP contribution in [0.4, 0.5) is 4.79 Å². The number of carbonyl (C=O) groups excluding carboxylic acids is 2. The molecular weight excluding hydrogens is 398 g/mol. The van der Waals surface area contributed by atoms with E-state index in [-0.39, 0.29) is 23.6 Å². The summed E-state index contributed by atoms with van der Waals surface area (Å²) < 4.78 is 5.83. The van der Waals surface area contributed by atoms with E-state index in [0.29, 0.717) is 31.8 Å². The van der Waals surface area contributed by atoms with E-state index in [4.69, 9.17) is 4.74 Å². The first-order valence-corrected chi connectivity index (χ1v) is 11.3. The van der Waals surface area contributed by atoms with Crippen LogP contribution in [0, 0.1) is 0 Å². The number of likely N-dealkylation sites (tertiary alicyclic amines) is 1. The molecule has 0 spiro atoms. The highest BCUT2D eigenvalue weighted by Gasteiger charge is 2.24. The molecule has 1 aromatic heterocycles. The lowest BCUT2D eigenvalue weighted by molar-refractivity contribution is -0.0149. The van der Waals surface area contributed by atoms with Crippen molar-refractivity contribution in [2.45, 2.75) is 58.4 Å². The number of carbonyl (C=O) groups is 2. The number of thiophene rings is 1. The summed E-state index contributed by atoms with van der Waals surface area (Å²) in [5.74, 6) is -0.0329. The molecule has 0 unspecified atom stereocenters. The first-order valence-electron chi connectivity index (χ1n) is 10.4. The van der Waals surface area contributed by atoms with Gasteiger partial charge in [-0.05, 0) is 56.2 Å². The molecule has 0 saturated carbocycles. The van der Waals surface area contributed by atoms with Gasteiger partial charge < -0.3 is 20.3 Å². The van der Waals surface area contributed by atoms with Crippen LogP contribution >= 0.6 is 11.3 Å². The molecule has 162 valence electrons. The van der Waals surface area contributed by atoms with Crippen LogP contribution in [-0.2, 0) is 17.9 Å². The van der Waals surface area contributed by atoms with Crippen molar-refractivity contribution in [2.75, 3.05) is 13.1 Å². The molecule has 0 radical (unpaired) electrons. The van der Waals surface area contributed by atoms with Crippen LogP contribution in [-0.4, -0.2) is 41.6 Å². The van der Waals surface area contributed by atoms with Gasteiger partial charge in [-0.25, -0.2) is 4.79 Å². The lowest BCUT2D eigenvalue weighted by atomic mass is 10.0. The number of hydrogen-bond acceptors (Lipinski definition) is 4. The van der Waals surface area contributed by atoms with E-state index >= 15 is 0 Å². The van der Waals surface area contributed by atoms with E-state index in [1.807, 2.05) is 60.7 Å². The molecule has 1 aliphatic rings. The number of benzene rings is 1. The van der Waals surface area contributed by atoms with Gasteiger partial charge in [0.1, 0.15) is 0 Å². The third-order valence-electron chi connectivity index (χ3n) is 5.01. The highest BCUT2D eigenvalue weighted by atomic mass is 32.1. The van der Waals surface area contributed by atoms with Crippen molar-refractivity contribution in [3.05, 3.63) is 57.8 Å². The van der Waals surface area contributed by atoms with Gasteiger partial charge in [0.2, 0.25) is 0 Å². The van der Waals surface area contributed by atoms with Gasteiger partial charge in [-0.1, -0.05) is 24.3 Å². The summed E-state index contributed by atoms with van der Waals surface area (Å²) in [6, 6.07) is 9.98. The van der Waals surface area contributed by atoms with Crippen molar-refractivity contribution in [1.29, 1.82) is 0 Å². The fraction of sp³-hybridized carbons (Fsp3) is 0.478. The smallest absolute Gasteiger partial charge is 0.317 e. The number of nitrogens with one attached hydrogen (secondary N) is 2. The van der Waals surface area contributed by atoms with Gasteiger partial charge in [-0.15, -0.1) is 0 Å². The van der Waals surface area contributed by atoms with Crippen LogP contribution in [0.3, 0.4) is 0 Å². The molecular formula is C23H31N3O3S. The summed E-state index contributed by atoms with van der Waals surface area (Å²) in [6.07, 6.45) is 1.53. The molecule has 0 bridgehead atoms. The molecule has 2 heterocycles. The standard InChI is InChI=1S/C23H31N3O3S/c1-23(2,3)29-15-18-6-4-5-17(13-18)14-24-22(28)26-10-7-20(8-11-26)25-21(27)19-9-12-30-16-19/h4-6,9,12-13,16,20H,7-8,10-11,14-15H2,1-3H3,(H,24,28)(H,25,27). The molecule has 0 aliphatic carbocycles. The second-order valence-electron chi connectivity index (χ2n) is 8.63. The molecule has 2 aromatic rings. The molecule has 6 nitrogen and oxygen atoms in total. The average Bonchev–Trinajstić information content (AvgIpc) is 3.26. The molecule has 2 N–H and O–H groups in total. The highest BCUT2D eigenvalue weighted by Crippen LogP contribution is 2.15. The minimum atomic E-state index is -0.181. The van der Waals surface area contributed by atoms with E-state index < -0.39 is 0 Å². The molecule has 1 aliphatic heterocycles. The van der Waals surface area contributed by atoms with Crippen molar-refractivity contribution in [2.24, 2.45) is 0 Å².